The van der Waals surface area contributed by atoms with Crippen LogP contribution in [-0.2, 0) is 4.74 Å². The second kappa shape index (κ2) is 6.16. The minimum Gasteiger partial charge on any atom is -0.495 e. The summed E-state index contributed by atoms with van der Waals surface area (Å²) >= 11 is 0. The smallest absolute Gasteiger partial charge is 0.410 e. The molecule has 0 radical (unpaired) electrons. The van der Waals surface area contributed by atoms with Crippen molar-refractivity contribution < 1.29 is 14.3 Å². The molecule has 1 aliphatic rings. The molecule has 1 aromatic heterocycles. The van der Waals surface area contributed by atoms with Crippen LogP contribution in [0.2, 0.25) is 0 Å². The molecule has 2 heterocycles. The Balaban J connectivity index is 1.97. The van der Waals surface area contributed by atoms with Crippen molar-refractivity contribution >= 4 is 12.2 Å². The summed E-state index contributed by atoms with van der Waals surface area (Å²) in [4.78, 5) is 18.0. The van der Waals surface area contributed by atoms with Crippen molar-refractivity contribution in [1.82, 2.24) is 9.88 Å². The van der Waals surface area contributed by atoms with Crippen LogP contribution >= 0.6 is 0 Å². The van der Waals surface area contributed by atoms with Crippen LogP contribution < -0.4 is 4.74 Å². The lowest BCUT2D eigenvalue weighted by molar-refractivity contribution is 0.0299. The molecule has 114 valence electrons. The molecule has 0 saturated carbocycles. The van der Waals surface area contributed by atoms with E-state index in [1.807, 2.05) is 39.0 Å². The number of likely N-dealkylation sites (tertiary alicyclic amines) is 1. The zero-order valence-electron chi connectivity index (χ0n) is 13.0. The summed E-state index contributed by atoms with van der Waals surface area (Å²) in [5.74, 6) is 0.735. The van der Waals surface area contributed by atoms with Crippen LogP contribution in [0, 0.1) is 0 Å². The monoisotopic (exact) mass is 290 g/mol. The SMILES string of the molecule is COc1ccc(/C=C2\CCN(C(=O)OC(C)(C)C)C2)nc1. The molecule has 1 amide bonds. The molecule has 21 heavy (non-hydrogen) atoms. The van der Waals surface area contributed by atoms with E-state index in [0.29, 0.717) is 13.1 Å². The molecule has 0 unspecified atom stereocenters. The van der Waals surface area contributed by atoms with Gasteiger partial charge in [0.05, 0.1) is 19.0 Å². The van der Waals surface area contributed by atoms with Crippen molar-refractivity contribution in [2.45, 2.75) is 32.8 Å². The van der Waals surface area contributed by atoms with Crippen molar-refractivity contribution in [3.63, 3.8) is 0 Å². The summed E-state index contributed by atoms with van der Waals surface area (Å²) in [7, 11) is 1.62. The predicted molar refractivity (Wildman–Crippen MR) is 81.2 cm³/mol. The molecule has 1 aliphatic heterocycles. The van der Waals surface area contributed by atoms with Crippen LogP contribution in [0.5, 0.6) is 5.75 Å². The van der Waals surface area contributed by atoms with Crippen molar-refractivity contribution in [3.05, 3.63) is 29.6 Å². The van der Waals surface area contributed by atoms with Crippen LogP contribution in [0.4, 0.5) is 4.79 Å². The number of hydrogen-bond acceptors (Lipinski definition) is 4. The summed E-state index contributed by atoms with van der Waals surface area (Å²) in [5.41, 5.74) is 1.59. The number of carbonyl (C=O) groups is 1. The van der Waals surface area contributed by atoms with Gasteiger partial charge in [-0.05, 0) is 51.0 Å². The van der Waals surface area contributed by atoms with Gasteiger partial charge in [-0.25, -0.2) is 4.79 Å². The first kappa shape index (κ1) is 15.4. The van der Waals surface area contributed by atoms with Gasteiger partial charge in [0.15, 0.2) is 0 Å². The zero-order valence-corrected chi connectivity index (χ0v) is 13.0. The molecule has 0 atom stereocenters. The van der Waals surface area contributed by atoms with Crippen LogP contribution in [-0.4, -0.2) is 41.8 Å². The first-order valence-electron chi connectivity index (χ1n) is 7.05. The summed E-state index contributed by atoms with van der Waals surface area (Å²) in [5, 5.41) is 0. The fourth-order valence-electron chi connectivity index (χ4n) is 2.09. The molecular formula is C16H22N2O3. The highest BCUT2D eigenvalue weighted by atomic mass is 16.6. The summed E-state index contributed by atoms with van der Waals surface area (Å²) in [6.45, 7) is 6.91. The van der Waals surface area contributed by atoms with E-state index >= 15 is 0 Å². The molecule has 5 nitrogen and oxygen atoms in total. The molecule has 0 aromatic carbocycles. The van der Waals surface area contributed by atoms with Crippen LogP contribution in [0.1, 0.15) is 32.9 Å². The highest BCUT2D eigenvalue weighted by molar-refractivity contribution is 5.70. The van der Waals surface area contributed by atoms with Gasteiger partial charge < -0.3 is 14.4 Å². The molecular weight excluding hydrogens is 268 g/mol. The van der Waals surface area contributed by atoms with Gasteiger partial charge >= 0.3 is 6.09 Å². The van der Waals surface area contributed by atoms with Gasteiger partial charge in [-0.1, -0.05) is 0 Å². The molecule has 5 heteroatoms. The lowest BCUT2D eigenvalue weighted by Gasteiger charge is -2.23. The first-order chi connectivity index (χ1) is 9.87. The topological polar surface area (TPSA) is 51.7 Å². The fraction of sp³-hybridized carbons (Fsp3) is 0.500. The van der Waals surface area contributed by atoms with E-state index in [4.69, 9.17) is 9.47 Å². The maximum Gasteiger partial charge on any atom is 0.410 e. The van der Waals surface area contributed by atoms with Gasteiger partial charge in [0.2, 0.25) is 0 Å². The van der Waals surface area contributed by atoms with E-state index in [2.05, 4.69) is 4.98 Å². The van der Waals surface area contributed by atoms with Gasteiger partial charge in [0.1, 0.15) is 11.4 Å². The van der Waals surface area contributed by atoms with E-state index in [1.165, 1.54) is 5.57 Å². The van der Waals surface area contributed by atoms with Crippen molar-refractivity contribution in [1.29, 1.82) is 0 Å². The fourth-order valence-corrected chi connectivity index (χ4v) is 2.09. The summed E-state index contributed by atoms with van der Waals surface area (Å²) in [6.07, 6.45) is 4.30. The predicted octanol–water partition coefficient (Wildman–Crippen LogP) is 3.11. The molecule has 0 aliphatic carbocycles. The highest BCUT2D eigenvalue weighted by Gasteiger charge is 2.26. The number of carbonyl (C=O) groups excluding carboxylic acids is 1. The van der Waals surface area contributed by atoms with E-state index in [9.17, 15) is 4.79 Å². The third kappa shape index (κ3) is 4.48. The Morgan fingerprint density at radius 2 is 2.14 bits per heavy atom. The zero-order chi connectivity index (χ0) is 15.5. The van der Waals surface area contributed by atoms with Gasteiger partial charge in [-0.15, -0.1) is 0 Å². The second-order valence-electron chi connectivity index (χ2n) is 6.08. The molecule has 1 fully saturated rings. The Hall–Kier alpha value is -2.04. The Morgan fingerprint density at radius 3 is 2.71 bits per heavy atom. The largest absolute Gasteiger partial charge is 0.495 e. The minimum absolute atomic E-state index is 0.256. The number of ether oxygens (including phenoxy) is 2. The number of aromatic nitrogens is 1. The molecule has 0 N–H and O–H groups in total. The maximum absolute atomic E-state index is 12.0. The van der Waals surface area contributed by atoms with Gasteiger partial charge in [-0.3, -0.25) is 4.98 Å². The minimum atomic E-state index is -0.457. The number of amides is 1. The lowest BCUT2D eigenvalue weighted by Crippen LogP contribution is -2.34. The molecule has 2 rings (SSSR count). The van der Waals surface area contributed by atoms with E-state index < -0.39 is 5.60 Å². The van der Waals surface area contributed by atoms with Gasteiger partial charge in [-0.2, -0.15) is 0 Å². The number of rotatable bonds is 2. The second-order valence-corrected chi connectivity index (χ2v) is 6.08. The van der Waals surface area contributed by atoms with Crippen molar-refractivity contribution in [3.8, 4) is 5.75 Å². The number of hydrogen-bond donors (Lipinski definition) is 0. The molecule has 1 saturated heterocycles. The normalized spacial score (nSPS) is 17.1. The van der Waals surface area contributed by atoms with E-state index in [-0.39, 0.29) is 6.09 Å². The Kier molecular flexibility index (Phi) is 4.50. The lowest BCUT2D eigenvalue weighted by atomic mass is 10.2. The molecule has 1 aromatic rings. The third-order valence-electron chi connectivity index (χ3n) is 3.10. The van der Waals surface area contributed by atoms with Gasteiger partial charge in [0.25, 0.3) is 0 Å². The molecule has 0 spiro atoms. The van der Waals surface area contributed by atoms with Crippen molar-refractivity contribution in [2.24, 2.45) is 0 Å². The standard InChI is InChI=1S/C16H22N2O3/c1-16(2,3)21-15(19)18-8-7-12(11-18)9-13-5-6-14(20-4)10-17-13/h5-6,9-10H,7-8,11H2,1-4H3/b12-9+. The van der Waals surface area contributed by atoms with Crippen LogP contribution in [0.15, 0.2) is 23.9 Å². The Bertz CT molecular complexity index is 529. The summed E-state index contributed by atoms with van der Waals surface area (Å²) < 4.78 is 10.5. The molecule has 0 bridgehead atoms. The van der Waals surface area contributed by atoms with Gasteiger partial charge in [0, 0.05) is 13.1 Å². The third-order valence-corrected chi connectivity index (χ3v) is 3.10. The summed E-state index contributed by atoms with van der Waals surface area (Å²) in [6, 6.07) is 3.78. The highest BCUT2D eigenvalue weighted by Crippen LogP contribution is 2.21. The van der Waals surface area contributed by atoms with Crippen LogP contribution in [0.25, 0.3) is 6.08 Å². The van der Waals surface area contributed by atoms with Crippen LogP contribution in [0.3, 0.4) is 0 Å². The quantitative estimate of drug-likeness (QED) is 0.839. The van der Waals surface area contributed by atoms with E-state index in [0.717, 1.165) is 17.9 Å². The van der Waals surface area contributed by atoms with Crippen molar-refractivity contribution in [2.75, 3.05) is 20.2 Å². The first-order valence-corrected chi connectivity index (χ1v) is 7.05. The average molecular weight is 290 g/mol. The average Bonchev–Trinajstić information content (AvgIpc) is 2.86. The maximum atomic E-state index is 12.0. The number of nitrogens with zero attached hydrogens (tertiary/aromatic N) is 2. The number of methoxy groups -OCH3 is 1. The Morgan fingerprint density at radius 1 is 1.38 bits per heavy atom. The number of pyridine rings is 1. The van der Waals surface area contributed by atoms with E-state index in [1.54, 1.807) is 18.2 Å². The Labute approximate surface area is 125 Å².